The summed E-state index contributed by atoms with van der Waals surface area (Å²) in [5, 5.41) is 1.38. The lowest BCUT2D eigenvalue weighted by molar-refractivity contribution is 0.883. The number of benzene rings is 2. The molecule has 0 aliphatic rings. The Morgan fingerprint density at radius 2 is 1.81 bits per heavy atom. The molecule has 3 aromatic rings. The Balaban J connectivity index is 2.41. The van der Waals surface area contributed by atoms with E-state index < -0.39 is 0 Å². The highest BCUT2D eigenvalue weighted by molar-refractivity contribution is 6.36. The van der Waals surface area contributed by atoms with Gasteiger partial charge in [0.05, 0.1) is 32.1 Å². The molecule has 0 N–H and O–H groups in total. The van der Waals surface area contributed by atoms with Gasteiger partial charge in [-0.25, -0.2) is 4.98 Å². The second kappa shape index (κ2) is 5.69. The van der Waals surface area contributed by atoms with Gasteiger partial charge in [-0.15, -0.1) is 11.6 Å². The number of aromatic nitrogens is 2. The Morgan fingerprint density at radius 3 is 2.48 bits per heavy atom. The van der Waals surface area contributed by atoms with Gasteiger partial charge in [0.1, 0.15) is 5.82 Å². The van der Waals surface area contributed by atoms with Crippen LogP contribution in [0.4, 0.5) is 0 Å². The van der Waals surface area contributed by atoms with Gasteiger partial charge in [0.2, 0.25) is 0 Å². The molecule has 0 amide bonds. The third-order valence-corrected chi connectivity index (χ3v) is 4.20. The van der Waals surface area contributed by atoms with Crippen LogP contribution < -0.4 is 0 Å². The Hall–Kier alpha value is -0.930. The first kappa shape index (κ1) is 15.0. The molecule has 0 fully saturated rings. The summed E-state index contributed by atoms with van der Waals surface area (Å²) in [4.78, 5) is 4.57. The minimum Gasteiger partial charge on any atom is -0.292 e. The van der Waals surface area contributed by atoms with Crippen LogP contribution in [-0.4, -0.2) is 9.55 Å². The van der Waals surface area contributed by atoms with Gasteiger partial charge in [-0.1, -0.05) is 40.9 Å². The highest BCUT2D eigenvalue weighted by atomic mass is 35.5. The van der Waals surface area contributed by atoms with Crippen molar-refractivity contribution in [2.75, 3.05) is 0 Å². The number of para-hydroxylation sites is 1. The molecule has 21 heavy (non-hydrogen) atoms. The molecular formula is C15H10Cl4N2. The van der Waals surface area contributed by atoms with Crippen molar-refractivity contribution in [3.8, 4) is 5.69 Å². The fourth-order valence-electron chi connectivity index (χ4n) is 2.28. The molecule has 0 spiro atoms. The fraction of sp³-hybridized carbons (Fsp3) is 0.133. The zero-order valence-electron chi connectivity index (χ0n) is 10.9. The first-order chi connectivity index (χ1) is 9.99. The van der Waals surface area contributed by atoms with Crippen LogP contribution >= 0.6 is 46.4 Å². The van der Waals surface area contributed by atoms with E-state index in [4.69, 9.17) is 46.4 Å². The molecule has 0 saturated carbocycles. The Morgan fingerprint density at radius 1 is 1.05 bits per heavy atom. The number of hydrogen-bond donors (Lipinski definition) is 0. The molecule has 1 heterocycles. The largest absolute Gasteiger partial charge is 0.292 e. The molecule has 0 aliphatic carbocycles. The lowest BCUT2D eigenvalue weighted by atomic mass is 10.2. The summed E-state index contributed by atoms with van der Waals surface area (Å²) < 4.78 is 1.88. The number of imidazole rings is 1. The van der Waals surface area contributed by atoms with Gasteiger partial charge in [-0.2, -0.15) is 0 Å². The van der Waals surface area contributed by atoms with Crippen LogP contribution in [0.2, 0.25) is 15.1 Å². The smallest absolute Gasteiger partial charge is 0.132 e. The van der Waals surface area contributed by atoms with E-state index >= 15 is 0 Å². The summed E-state index contributed by atoms with van der Waals surface area (Å²) in [6.07, 6.45) is 0. The number of hydrogen-bond acceptors (Lipinski definition) is 1. The number of fused-ring (bicyclic) bond motifs is 1. The summed E-state index contributed by atoms with van der Waals surface area (Å²) in [5.74, 6) is 0.684. The summed E-state index contributed by atoms with van der Waals surface area (Å²) in [6, 6.07) is 10.9. The van der Waals surface area contributed by atoms with Crippen molar-refractivity contribution < 1.29 is 0 Å². The SMILES string of the molecule is CC(Cl)c1nc2cccc(Cl)c2n1-c1ccc(Cl)cc1Cl. The van der Waals surface area contributed by atoms with Crippen molar-refractivity contribution in [3.63, 3.8) is 0 Å². The maximum atomic E-state index is 6.34. The zero-order valence-corrected chi connectivity index (χ0v) is 14.0. The van der Waals surface area contributed by atoms with E-state index in [9.17, 15) is 0 Å². The average molecular weight is 360 g/mol. The van der Waals surface area contributed by atoms with E-state index in [1.807, 2.05) is 35.8 Å². The lowest BCUT2D eigenvalue weighted by Crippen LogP contribution is -2.02. The molecule has 2 nitrogen and oxygen atoms in total. The molecule has 0 aliphatic heterocycles. The maximum Gasteiger partial charge on any atom is 0.132 e. The molecule has 0 saturated heterocycles. The number of rotatable bonds is 2. The third kappa shape index (κ3) is 2.62. The van der Waals surface area contributed by atoms with Gasteiger partial charge in [0.25, 0.3) is 0 Å². The molecule has 1 unspecified atom stereocenters. The van der Waals surface area contributed by atoms with E-state index in [0.717, 1.165) is 16.7 Å². The summed E-state index contributed by atoms with van der Waals surface area (Å²) in [6.45, 7) is 1.86. The first-order valence-corrected chi connectivity index (χ1v) is 7.82. The third-order valence-electron chi connectivity index (χ3n) is 3.16. The van der Waals surface area contributed by atoms with Crippen molar-refractivity contribution in [3.05, 3.63) is 57.3 Å². The summed E-state index contributed by atoms with van der Waals surface area (Å²) >= 11 is 24.9. The van der Waals surface area contributed by atoms with Crippen molar-refractivity contribution >= 4 is 57.4 Å². The normalized spacial score (nSPS) is 12.8. The van der Waals surface area contributed by atoms with E-state index in [-0.39, 0.29) is 5.38 Å². The van der Waals surface area contributed by atoms with Crippen molar-refractivity contribution in [1.29, 1.82) is 0 Å². The molecule has 6 heteroatoms. The molecule has 0 radical (unpaired) electrons. The van der Waals surface area contributed by atoms with Crippen LogP contribution in [0.5, 0.6) is 0 Å². The van der Waals surface area contributed by atoms with Gasteiger partial charge in [-0.3, -0.25) is 4.57 Å². The van der Waals surface area contributed by atoms with Gasteiger partial charge < -0.3 is 0 Å². The molecule has 0 bridgehead atoms. The van der Waals surface area contributed by atoms with Crippen LogP contribution in [0.15, 0.2) is 36.4 Å². The van der Waals surface area contributed by atoms with Crippen LogP contribution in [0, 0.1) is 0 Å². The molecule has 2 aromatic carbocycles. The van der Waals surface area contributed by atoms with Crippen molar-refractivity contribution in [1.82, 2.24) is 9.55 Å². The van der Waals surface area contributed by atoms with Gasteiger partial charge in [0, 0.05) is 5.02 Å². The predicted octanol–water partition coefficient (Wildman–Crippen LogP) is 6.29. The second-order valence-corrected chi connectivity index (χ2v) is 6.53. The molecule has 1 atom stereocenters. The van der Waals surface area contributed by atoms with Crippen LogP contribution in [0.1, 0.15) is 18.1 Å². The molecule has 3 rings (SSSR count). The minimum atomic E-state index is -0.291. The highest BCUT2D eigenvalue weighted by Crippen LogP contribution is 2.35. The number of nitrogens with zero attached hydrogens (tertiary/aromatic N) is 2. The number of halogens is 4. The van der Waals surface area contributed by atoms with E-state index in [0.29, 0.717) is 20.9 Å². The van der Waals surface area contributed by atoms with E-state index in [1.165, 1.54) is 0 Å². The summed E-state index contributed by atoms with van der Waals surface area (Å²) in [5.41, 5.74) is 2.31. The van der Waals surface area contributed by atoms with Crippen LogP contribution in [0.3, 0.4) is 0 Å². The zero-order chi connectivity index (χ0) is 15.1. The Kier molecular flexibility index (Phi) is 4.06. The van der Waals surface area contributed by atoms with Gasteiger partial charge in [-0.05, 0) is 37.3 Å². The quantitative estimate of drug-likeness (QED) is 0.492. The van der Waals surface area contributed by atoms with E-state index in [2.05, 4.69) is 4.98 Å². The molecule has 1 aromatic heterocycles. The van der Waals surface area contributed by atoms with Crippen LogP contribution in [-0.2, 0) is 0 Å². The van der Waals surface area contributed by atoms with E-state index in [1.54, 1.807) is 12.1 Å². The first-order valence-electron chi connectivity index (χ1n) is 6.25. The predicted molar refractivity (Wildman–Crippen MR) is 90.4 cm³/mol. The average Bonchev–Trinajstić information content (AvgIpc) is 2.80. The molecular weight excluding hydrogens is 350 g/mol. The topological polar surface area (TPSA) is 17.8 Å². The van der Waals surface area contributed by atoms with Crippen molar-refractivity contribution in [2.45, 2.75) is 12.3 Å². The second-order valence-electron chi connectivity index (χ2n) is 4.62. The molecule has 108 valence electrons. The van der Waals surface area contributed by atoms with Gasteiger partial charge in [0.15, 0.2) is 0 Å². The monoisotopic (exact) mass is 358 g/mol. The highest BCUT2D eigenvalue weighted by Gasteiger charge is 2.19. The van der Waals surface area contributed by atoms with Crippen molar-refractivity contribution in [2.24, 2.45) is 0 Å². The van der Waals surface area contributed by atoms with Gasteiger partial charge >= 0.3 is 0 Å². The Bertz CT molecular complexity index is 824. The Labute approximate surface area is 142 Å². The summed E-state index contributed by atoms with van der Waals surface area (Å²) in [7, 11) is 0. The minimum absolute atomic E-state index is 0.291. The maximum absolute atomic E-state index is 6.34. The van der Waals surface area contributed by atoms with Crippen LogP contribution in [0.25, 0.3) is 16.7 Å². The number of alkyl halides is 1. The fourth-order valence-corrected chi connectivity index (χ4v) is 3.17. The standard InChI is InChI=1S/C15H10Cl4N2/c1-8(16)15-20-12-4-2-3-10(18)14(12)21(15)13-6-5-9(17)7-11(13)19/h2-8H,1H3. The lowest BCUT2D eigenvalue weighted by Gasteiger charge is -2.13.